The normalized spacial score (nSPS) is 11.9. The van der Waals surface area contributed by atoms with Crippen LogP contribution in [0.15, 0.2) is 72.1 Å². The predicted octanol–water partition coefficient (Wildman–Crippen LogP) is 6.06. The van der Waals surface area contributed by atoms with Crippen LogP contribution in [0.2, 0.25) is 10.0 Å². The molecule has 2 aromatic heterocycles. The first kappa shape index (κ1) is 22.3. The second-order valence-corrected chi connectivity index (χ2v) is 9.11. The van der Waals surface area contributed by atoms with Crippen LogP contribution in [0.5, 0.6) is 0 Å². The standard InChI is InChI=1S/C23H19Cl2N5OS/c1-14-7-3-4-11-19(14)30-21(16-8-6-12-26-13-16)28-29-23(30)32-15(2)22(31)27-18-10-5-9-17(24)20(18)25/h3-13,15H,1-2H3,(H,27,31). The molecule has 0 bridgehead atoms. The average molecular weight is 484 g/mol. The molecule has 4 rings (SSSR count). The number of aryl methyl sites for hydroxylation is 1. The highest BCUT2D eigenvalue weighted by atomic mass is 35.5. The Labute approximate surface area is 200 Å². The number of thioether (sulfide) groups is 1. The third-order valence-corrected chi connectivity index (χ3v) is 6.63. The fourth-order valence-corrected chi connectivity index (χ4v) is 4.31. The van der Waals surface area contributed by atoms with Crippen LogP contribution in [0.4, 0.5) is 5.69 Å². The number of amides is 1. The zero-order valence-corrected chi connectivity index (χ0v) is 19.6. The van der Waals surface area contributed by atoms with Gasteiger partial charge in [-0.2, -0.15) is 0 Å². The molecule has 0 fully saturated rings. The van der Waals surface area contributed by atoms with E-state index in [0.717, 1.165) is 16.8 Å². The van der Waals surface area contributed by atoms with Crippen molar-refractivity contribution in [2.75, 3.05) is 5.32 Å². The van der Waals surface area contributed by atoms with Crippen molar-refractivity contribution in [3.63, 3.8) is 0 Å². The molecule has 1 unspecified atom stereocenters. The molecule has 0 saturated heterocycles. The molecule has 6 nitrogen and oxygen atoms in total. The number of para-hydroxylation sites is 1. The van der Waals surface area contributed by atoms with Crippen LogP contribution in [0, 0.1) is 6.92 Å². The van der Waals surface area contributed by atoms with Crippen molar-refractivity contribution in [1.29, 1.82) is 0 Å². The Balaban J connectivity index is 1.66. The number of hydrogen-bond donors (Lipinski definition) is 1. The lowest BCUT2D eigenvalue weighted by Gasteiger charge is -2.16. The Morgan fingerprint density at radius 2 is 1.88 bits per heavy atom. The summed E-state index contributed by atoms with van der Waals surface area (Å²) in [4.78, 5) is 17.1. The molecule has 1 N–H and O–H groups in total. The lowest BCUT2D eigenvalue weighted by atomic mass is 10.2. The molecular weight excluding hydrogens is 465 g/mol. The molecule has 0 aliphatic rings. The number of benzene rings is 2. The maximum Gasteiger partial charge on any atom is 0.237 e. The molecule has 0 spiro atoms. The van der Waals surface area contributed by atoms with Gasteiger partial charge in [0.25, 0.3) is 0 Å². The minimum Gasteiger partial charge on any atom is -0.324 e. The highest BCUT2D eigenvalue weighted by Gasteiger charge is 2.23. The molecule has 0 aliphatic heterocycles. The van der Waals surface area contributed by atoms with Crippen LogP contribution < -0.4 is 5.32 Å². The fourth-order valence-electron chi connectivity index (χ4n) is 3.11. The Kier molecular flexibility index (Phi) is 6.79. The summed E-state index contributed by atoms with van der Waals surface area (Å²) in [6.45, 7) is 3.83. The van der Waals surface area contributed by atoms with E-state index in [1.165, 1.54) is 11.8 Å². The summed E-state index contributed by atoms with van der Waals surface area (Å²) in [6.07, 6.45) is 3.45. The highest BCUT2D eigenvalue weighted by molar-refractivity contribution is 8.00. The van der Waals surface area contributed by atoms with Crippen molar-refractivity contribution >= 4 is 46.6 Å². The quantitative estimate of drug-likeness (QED) is 0.337. The van der Waals surface area contributed by atoms with Crippen LogP contribution >= 0.6 is 35.0 Å². The molecule has 2 heterocycles. The number of pyridine rings is 1. The molecule has 0 aliphatic carbocycles. The molecule has 1 amide bonds. The Morgan fingerprint density at radius 1 is 1.06 bits per heavy atom. The van der Waals surface area contributed by atoms with Gasteiger partial charge in [-0.25, -0.2) is 0 Å². The monoisotopic (exact) mass is 483 g/mol. The summed E-state index contributed by atoms with van der Waals surface area (Å²) in [5.41, 5.74) is 3.29. The summed E-state index contributed by atoms with van der Waals surface area (Å²) in [6, 6.07) is 16.8. The first-order chi connectivity index (χ1) is 15.5. The van der Waals surface area contributed by atoms with Crippen LogP contribution in [0.1, 0.15) is 12.5 Å². The van der Waals surface area contributed by atoms with E-state index in [1.807, 2.05) is 47.9 Å². The molecule has 2 aromatic carbocycles. The minimum absolute atomic E-state index is 0.221. The van der Waals surface area contributed by atoms with Gasteiger partial charge in [-0.05, 0) is 49.7 Å². The van der Waals surface area contributed by atoms with Crippen molar-refractivity contribution in [2.45, 2.75) is 24.3 Å². The zero-order chi connectivity index (χ0) is 22.7. The van der Waals surface area contributed by atoms with Gasteiger partial charge in [-0.3, -0.25) is 14.3 Å². The van der Waals surface area contributed by atoms with Gasteiger partial charge in [0.15, 0.2) is 11.0 Å². The van der Waals surface area contributed by atoms with Gasteiger partial charge < -0.3 is 5.32 Å². The number of carbonyl (C=O) groups excluding carboxylic acids is 1. The largest absolute Gasteiger partial charge is 0.324 e. The topological polar surface area (TPSA) is 72.7 Å². The van der Waals surface area contributed by atoms with Crippen molar-refractivity contribution < 1.29 is 4.79 Å². The Hall–Kier alpha value is -2.87. The zero-order valence-electron chi connectivity index (χ0n) is 17.3. The molecule has 162 valence electrons. The molecule has 0 radical (unpaired) electrons. The van der Waals surface area contributed by atoms with Crippen molar-refractivity contribution in [3.8, 4) is 17.1 Å². The van der Waals surface area contributed by atoms with Gasteiger partial charge in [0.2, 0.25) is 5.91 Å². The molecular formula is C23H19Cl2N5OS. The number of nitrogens with zero attached hydrogens (tertiary/aromatic N) is 4. The summed E-state index contributed by atoms with van der Waals surface area (Å²) < 4.78 is 1.95. The SMILES string of the molecule is Cc1ccccc1-n1c(SC(C)C(=O)Nc2cccc(Cl)c2Cl)nnc1-c1cccnc1. The Morgan fingerprint density at radius 3 is 2.62 bits per heavy atom. The summed E-state index contributed by atoms with van der Waals surface area (Å²) in [7, 11) is 0. The molecule has 9 heteroatoms. The predicted molar refractivity (Wildman–Crippen MR) is 130 cm³/mol. The third-order valence-electron chi connectivity index (χ3n) is 4.77. The average Bonchev–Trinajstić information content (AvgIpc) is 3.21. The van der Waals surface area contributed by atoms with Gasteiger partial charge in [0, 0.05) is 18.0 Å². The van der Waals surface area contributed by atoms with E-state index >= 15 is 0 Å². The molecule has 0 saturated carbocycles. The van der Waals surface area contributed by atoms with E-state index in [-0.39, 0.29) is 5.91 Å². The first-order valence-electron chi connectivity index (χ1n) is 9.79. The molecule has 1 atom stereocenters. The fraction of sp³-hybridized carbons (Fsp3) is 0.130. The van der Waals surface area contributed by atoms with Crippen molar-refractivity contribution in [1.82, 2.24) is 19.7 Å². The molecule has 32 heavy (non-hydrogen) atoms. The number of carbonyl (C=O) groups is 1. The summed E-state index contributed by atoms with van der Waals surface area (Å²) in [5, 5.41) is 12.4. The Bertz CT molecular complexity index is 1260. The smallest absolute Gasteiger partial charge is 0.237 e. The van der Waals surface area contributed by atoms with Crippen molar-refractivity contribution in [3.05, 3.63) is 82.6 Å². The van der Waals surface area contributed by atoms with E-state index in [2.05, 4.69) is 20.5 Å². The summed E-state index contributed by atoms with van der Waals surface area (Å²) >= 11 is 13.6. The van der Waals surface area contributed by atoms with Crippen LogP contribution in [-0.2, 0) is 4.79 Å². The maximum atomic E-state index is 12.9. The second-order valence-electron chi connectivity index (χ2n) is 7.02. The number of rotatable bonds is 6. The summed E-state index contributed by atoms with van der Waals surface area (Å²) in [5.74, 6) is 0.432. The van der Waals surface area contributed by atoms with E-state index in [1.54, 1.807) is 37.5 Å². The third kappa shape index (κ3) is 4.65. The lowest BCUT2D eigenvalue weighted by molar-refractivity contribution is -0.115. The minimum atomic E-state index is -0.473. The number of nitrogens with one attached hydrogen (secondary N) is 1. The second kappa shape index (κ2) is 9.73. The van der Waals surface area contributed by atoms with Gasteiger partial charge in [0.05, 0.1) is 26.7 Å². The number of aromatic nitrogens is 4. The van der Waals surface area contributed by atoms with Crippen molar-refractivity contribution in [2.24, 2.45) is 0 Å². The van der Waals surface area contributed by atoms with Gasteiger partial charge in [-0.15, -0.1) is 10.2 Å². The van der Waals surface area contributed by atoms with E-state index < -0.39 is 5.25 Å². The lowest BCUT2D eigenvalue weighted by Crippen LogP contribution is -2.23. The number of anilines is 1. The molecule has 4 aromatic rings. The number of halogens is 2. The van der Waals surface area contributed by atoms with Crippen LogP contribution in [-0.4, -0.2) is 30.9 Å². The van der Waals surface area contributed by atoms with Gasteiger partial charge in [0.1, 0.15) is 0 Å². The van der Waals surface area contributed by atoms with Crippen LogP contribution in [0.25, 0.3) is 17.1 Å². The maximum absolute atomic E-state index is 12.9. The highest BCUT2D eigenvalue weighted by Crippen LogP contribution is 2.33. The van der Waals surface area contributed by atoms with Gasteiger partial charge in [-0.1, -0.05) is 59.2 Å². The van der Waals surface area contributed by atoms with Gasteiger partial charge >= 0.3 is 0 Å². The number of hydrogen-bond acceptors (Lipinski definition) is 5. The van der Waals surface area contributed by atoms with E-state index in [0.29, 0.717) is 26.7 Å². The first-order valence-corrected chi connectivity index (χ1v) is 11.4. The van der Waals surface area contributed by atoms with E-state index in [9.17, 15) is 4.79 Å². The van der Waals surface area contributed by atoms with E-state index in [4.69, 9.17) is 23.2 Å². The van der Waals surface area contributed by atoms with Crippen LogP contribution in [0.3, 0.4) is 0 Å².